The summed E-state index contributed by atoms with van der Waals surface area (Å²) >= 11 is 0. The number of hydrogen-bond donors (Lipinski definition) is 0. The molecule has 1 fully saturated rings. The van der Waals surface area contributed by atoms with E-state index >= 15 is 0 Å². The number of carbonyl (C=O) groups excluding carboxylic acids is 1. The van der Waals surface area contributed by atoms with Crippen molar-refractivity contribution >= 4 is 32.8 Å². The van der Waals surface area contributed by atoms with Gasteiger partial charge in [0.15, 0.2) is 0 Å². The number of piperazine rings is 1. The molecule has 10 heteroatoms. The van der Waals surface area contributed by atoms with Gasteiger partial charge in [-0.2, -0.15) is 8.42 Å². The third kappa shape index (κ3) is 5.16. The summed E-state index contributed by atoms with van der Waals surface area (Å²) in [5.41, 5.74) is 3.04. The van der Waals surface area contributed by atoms with Crippen LogP contribution in [0.4, 0.5) is 10.2 Å². The van der Waals surface area contributed by atoms with Crippen LogP contribution in [0, 0.1) is 19.7 Å². The van der Waals surface area contributed by atoms with E-state index in [0.29, 0.717) is 46.6 Å². The van der Waals surface area contributed by atoms with Crippen LogP contribution in [0.5, 0.6) is 5.75 Å². The van der Waals surface area contributed by atoms with E-state index in [1.807, 2.05) is 18.5 Å². The summed E-state index contributed by atoms with van der Waals surface area (Å²) in [6, 6.07) is 15.8. The molecule has 0 N–H and O–H groups in total. The van der Waals surface area contributed by atoms with Gasteiger partial charge >= 0.3 is 16.1 Å². The second kappa shape index (κ2) is 10.9. The fourth-order valence-electron chi connectivity index (χ4n) is 5.05. The monoisotopic (exact) mass is 565 g/mol. The number of aryl methyl sites for hydroxylation is 2. The summed E-state index contributed by atoms with van der Waals surface area (Å²) in [6.07, 6.45) is 0. The fourth-order valence-corrected chi connectivity index (χ4v) is 6.03. The number of anilines is 1. The lowest BCUT2D eigenvalue weighted by molar-refractivity contribution is 0.0529. The molecule has 1 aromatic heterocycles. The van der Waals surface area contributed by atoms with Crippen molar-refractivity contribution in [1.29, 1.82) is 0 Å². The average Bonchev–Trinajstić information content (AvgIpc) is 3.27. The Labute approximate surface area is 233 Å². The Morgan fingerprint density at radius 3 is 2.20 bits per heavy atom. The van der Waals surface area contributed by atoms with E-state index in [0.717, 1.165) is 18.7 Å². The van der Waals surface area contributed by atoms with Crippen molar-refractivity contribution in [3.05, 3.63) is 83.2 Å². The topological polar surface area (TPSA) is 81.1 Å². The Hall–Kier alpha value is -3.89. The molecule has 0 aliphatic carbocycles. The van der Waals surface area contributed by atoms with Gasteiger partial charge in [-0.25, -0.2) is 9.18 Å². The SMILES string of the molecule is CCOC(=O)c1c(N2CCN(C)CC2)n(-c2ccc(F)cc2)c2ccc(OS(=O)(=O)c3ccc(C)cc3)c(C)c12. The summed E-state index contributed by atoms with van der Waals surface area (Å²) in [5, 5.41) is 0.522. The number of benzene rings is 3. The first-order valence-corrected chi connectivity index (χ1v) is 14.6. The van der Waals surface area contributed by atoms with Gasteiger partial charge < -0.3 is 18.7 Å². The van der Waals surface area contributed by atoms with Gasteiger partial charge in [0.1, 0.15) is 27.8 Å². The zero-order chi connectivity index (χ0) is 28.6. The molecule has 0 bridgehead atoms. The molecular formula is C30H32FN3O5S. The summed E-state index contributed by atoms with van der Waals surface area (Å²) < 4.78 is 53.3. The Bertz CT molecular complexity index is 1660. The molecular weight excluding hydrogens is 533 g/mol. The van der Waals surface area contributed by atoms with Crippen LogP contribution in [-0.4, -0.2) is 63.7 Å². The fraction of sp³-hybridized carbons (Fsp3) is 0.300. The first-order valence-electron chi connectivity index (χ1n) is 13.2. The second-order valence-electron chi connectivity index (χ2n) is 9.95. The van der Waals surface area contributed by atoms with Crippen molar-refractivity contribution in [3.8, 4) is 11.4 Å². The Morgan fingerprint density at radius 1 is 0.925 bits per heavy atom. The van der Waals surface area contributed by atoms with Crippen LogP contribution in [0.25, 0.3) is 16.6 Å². The number of nitrogens with zero attached hydrogens (tertiary/aromatic N) is 3. The van der Waals surface area contributed by atoms with Crippen molar-refractivity contribution in [3.63, 3.8) is 0 Å². The highest BCUT2D eigenvalue weighted by atomic mass is 32.2. The third-order valence-corrected chi connectivity index (χ3v) is 8.44. The third-order valence-electron chi connectivity index (χ3n) is 7.20. The highest BCUT2D eigenvalue weighted by Crippen LogP contribution is 2.41. The summed E-state index contributed by atoms with van der Waals surface area (Å²) in [4.78, 5) is 18.0. The lowest BCUT2D eigenvalue weighted by Gasteiger charge is -2.35. The molecule has 1 aliphatic rings. The number of esters is 1. The van der Waals surface area contributed by atoms with Crippen LogP contribution in [0.2, 0.25) is 0 Å². The molecule has 1 aliphatic heterocycles. The number of aromatic nitrogens is 1. The molecule has 2 heterocycles. The van der Waals surface area contributed by atoms with E-state index in [4.69, 9.17) is 8.92 Å². The minimum atomic E-state index is -4.13. The first kappa shape index (κ1) is 27.7. The molecule has 0 spiro atoms. The number of fused-ring (bicyclic) bond motifs is 1. The Balaban J connectivity index is 1.75. The lowest BCUT2D eigenvalue weighted by Crippen LogP contribution is -2.45. The van der Waals surface area contributed by atoms with Gasteiger partial charge in [0.2, 0.25) is 0 Å². The van der Waals surface area contributed by atoms with Gasteiger partial charge in [0.05, 0.1) is 12.1 Å². The van der Waals surface area contributed by atoms with Gasteiger partial charge in [-0.1, -0.05) is 17.7 Å². The molecule has 0 atom stereocenters. The molecule has 0 amide bonds. The van der Waals surface area contributed by atoms with Crippen molar-refractivity contribution in [2.45, 2.75) is 25.7 Å². The minimum Gasteiger partial charge on any atom is -0.462 e. The van der Waals surface area contributed by atoms with Gasteiger partial charge in [0.25, 0.3) is 0 Å². The van der Waals surface area contributed by atoms with Crippen LogP contribution < -0.4 is 9.08 Å². The molecule has 4 aromatic rings. The van der Waals surface area contributed by atoms with E-state index in [2.05, 4.69) is 9.80 Å². The molecule has 210 valence electrons. The maximum atomic E-state index is 13.9. The van der Waals surface area contributed by atoms with Gasteiger partial charge in [-0.05, 0) is 76.3 Å². The predicted octanol–water partition coefficient (Wildman–Crippen LogP) is 5.08. The quantitative estimate of drug-likeness (QED) is 0.228. The number of likely N-dealkylation sites (N-methyl/N-ethyl adjacent to an activating group) is 1. The highest BCUT2D eigenvalue weighted by Gasteiger charge is 2.32. The summed E-state index contributed by atoms with van der Waals surface area (Å²) in [6.45, 7) is 8.40. The zero-order valence-corrected chi connectivity index (χ0v) is 23.8. The zero-order valence-electron chi connectivity index (χ0n) is 23.0. The largest absolute Gasteiger partial charge is 0.462 e. The molecule has 5 rings (SSSR count). The summed E-state index contributed by atoms with van der Waals surface area (Å²) in [7, 11) is -2.09. The van der Waals surface area contributed by atoms with Crippen molar-refractivity contribution in [2.75, 3.05) is 44.7 Å². The van der Waals surface area contributed by atoms with Crippen LogP contribution in [0.15, 0.2) is 65.6 Å². The van der Waals surface area contributed by atoms with Crippen molar-refractivity contribution in [2.24, 2.45) is 0 Å². The molecule has 8 nitrogen and oxygen atoms in total. The van der Waals surface area contributed by atoms with E-state index < -0.39 is 16.1 Å². The molecule has 40 heavy (non-hydrogen) atoms. The van der Waals surface area contributed by atoms with Gasteiger partial charge in [-0.3, -0.25) is 4.57 Å². The van der Waals surface area contributed by atoms with E-state index in [-0.39, 0.29) is 23.1 Å². The summed E-state index contributed by atoms with van der Waals surface area (Å²) in [5.74, 6) is -0.168. The van der Waals surface area contributed by atoms with Crippen molar-refractivity contribution in [1.82, 2.24) is 9.47 Å². The van der Waals surface area contributed by atoms with Crippen LogP contribution in [0.1, 0.15) is 28.4 Å². The molecule has 0 radical (unpaired) electrons. The highest BCUT2D eigenvalue weighted by molar-refractivity contribution is 7.87. The number of hydrogen-bond acceptors (Lipinski definition) is 7. The minimum absolute atomic E-state index is 0.0326. The molecule has 0 saturated carbocycles. The normalized spacial score (nSPS) is 14.5. The van der Waals surface area contributed by atoms with Gasteiger partial charge in [-0.15, -0.1) is 0 Å². The molecule has 0 unspecified atom stereocenters. The second-order valence-corrected chi connectivity index (χ2v) is 11.5. The first-order chi connectivity index (χ1) is 19.1. The maximum Gasteiger partial charge on any atom is 0.342 e. The van der Waals surface area contributed by atoms with Crippen molar-refractivity contribution < 1.29 is 26.5 Å². The lowest BCUT2D eigenvalue weighted by atomic mass is 10.1. The van der Waals surface area contributed by atoms with Crippen LogP contribution in [0.3, 0.4) is 0 Å². The average molecular weight is 566 g/mol. The maximum absolute atomic E-state index is 13.9. The Kier molecular flexibility index (Phi) is 7.57. The number of rotatable bonds is 7. The molecule has 1 saturated heterocycles. The van der Waals surface area contributed by atoms with E-state index in [9.17, 15) is 17.6 Å². The van der Waals surface area contributed by atoms with Gasteiger partial charge in [0, 0.05) is 42.8 Å². The van der Waals surface area contributed by atoms with Crippen LogP contribution >= 0.6 is 0 Å². The Morgan fingerprint density at radius 2 is 1.57 bits per heavy atom. The van der Waals surface area contributed by atoms with Crippen LogP contribution in [-0.2, 0) is 14.9 Å². The predicted molar refractivity (Wildman–Crippen MR) is 153 cm³/mol. The van der Waals surface area contributed by atoms with E-state index in [1.54, 1.807) is 50.2 Å². The number of carbonyl (C=O) groups is 1. The number of ether oxygens (including phenoxy) is 1. The smallest absolute Gasteiger partial charge is 0.342 e. The standard InChI is InChI=1S/C30H32FN3O5S/c1-5-38-30(35)28-27-21(3)26(39-40(36,37)24-12-6-20(2)7-13-24)15-14-25(27)34(23-10-8-22(31)9-11-23)29(28)33-18-16-32(4)17-19-33/h6-15H,5,16-19H2,1-4H3. The molecule has 3 aromatic carbocycles. The van der Waals surface area contributed by atoms with E-state index in [1.165, 1.54) is 24.3 Å². The number of halogens is 1.